The van der Waals surface area contributed by atoms with Crippen molar-refractivity contribution in [2.45, 2.75) is 12.3 Å². The van der Waals surface area contributed by atoms with Crippen LogP contribution in [-0.4, -0.2) is 42.3 Å². The number of alkyl carbamates (subject to hydrolysis) is 1. The highest BCUT2D eigenvalue weighted by molar-refractivity contribution is 5.84. The Labute approximate surface area is 185 Å². The fraction of sp³-hybridized carbons (Fsp3) is 0.200. The van der Waals surface area contributed by atoms with Gasteiger partial charge in [-0.05, 0) is 22.3 Å². The zero-order valence-corrected chi connectivity index (χ0v) is 17.5. The molecule has 2 aromatic carbocycles. The van der Waals surface area contributed by atoms with Gasteiger partial charge in [0, 0.05) is 31.3 Å². The van der Waals surface area contributed by atoms with Crippen molar-refractivity contribution in [3.8, 4) is 23.0 Å². The van der Waals surface area contributed by atoms with Crippen LogP contribution in [0.4, 0.5) is 4.79 Å². The molecule has 1 heterocycles. The predicted octanol–water partition coefficient (Wildman–Crippen LogP) is 3.54. The molecule has 1 aliphatic rings. The van der Waals surface area contributed by atoms with Crippen molar-refractivity contribution in [2.75, 3.05) is 20.3 Å². The fourth-order valence-electron chi connectivity index (χ4n) is 3.63. The number of methoxy groups -OCH3 is 1. The fourth-order valence-corrected chi connectivity index (χ4v) is 3.63. The molecule has 0 bridgehead atoms. The number of hydrogen-bond donors (Lipinski definition) is 1. The largest absolute Gasteiger partial charge is 0.463 e. The lowest BCUT2D eigenvalue weighted by molar-refractivity contribution is 0.0586. The number of esters is 1. The molecule has 1 amide bonds. The second-order valence-corrected chi connectivity index (χ2v) is 7.09. The summed E-state index contributed by atoms with van der Waals surface area (Å²) in [6, 6.07) is 16.4. The van der Waals surface area contributed by atoms with Crippen LogP contribution >= 0.6 is 0 Å². The molecule has 1 aliphatic carbocycles. The molecule has 32 heavy (non-hydrogen) atoms. The molecule has 1 N–H and O–H groups in total. The molecule has 160 valence electrons. The first-order chi connectivity index (χ1) is 15.7. The molecule has 0 atom stereocenters. The van der Waals surface area contributed by atoms with E-state index < -0.39 is 12.1 Å². The van der Waals surface area contributed by atoms with Crippen molar-refractivity contribution in [3.63, 3.8) is 0 Å². The maximum absolute atomic E-state index is 12.1. The van der Waals surface area contributed by atoms with Gasteiger partial charge in [-0.3, -0.25) is 0 Å². The maximum atomic E-state index is 12.1. The van der Waals surface area contributed by atoms with Crippen molar-refractivity contribution >= 4 is 12.1 Å². The van der Waals surface area contributed by atoms with Gasteiger partial charge in [0.1, 0.15) is 6.61 Å². The van der Waals surface area contributed by atoms with E-state index in [1.165, 1.54) is 41.8 Å². The number of fused-ring (bicyclic) bond motifs is 3. The molecule has 1 aromatic heterocycles. The van der Waals surface area contributed by atoms with Gasteiger partial charge in [0.15, 0.2) is 0 Å². The van der Waals surface area contributed by atoms with Crippen LogP contribution in [0.2, 0.25) is 0 Å². The number of nitrogens with zero attached hydrogens (tertiary/aromatic N) is 2. The minimum atomic E-state index is -0.600. The molecule has 0 fully saturated rings. The maximum Gasteiger partial charge on any atom is 0.407 e. The van der Waals surface area contributed by atoms with E-state index in [1.54, 1.807) is 0 Å². The van der Waals surface area contributed by atoms with Gasteiger partial charge in [-0.25, -0.2) is 19.6 Å². The Hall–Kier alpha value is -4.18. The topological polar surface area (TPSA) is 90.4 Å². The van der Waals surface area contributed by atoms with Gasteiger partial charge in [-0.2, -0.15) is 0 Å². The molecule has 0 aliphatic heterocycles. The number of carbonyl (C=O) groups excluding carboxylic acids is 2. The van der Waals surface area contributed by atoms with E-state index in [2.05, 4.69) is 56.1 Å². The van der Waals surface area contributed by atoms with Gasteiger partial charge in [0.05, 0.1) is 12.7 Å². The predicted molar refractivity (Wildman–Crippen MR) is 118 cm³/mol. The molecular weight excluding hydrogens is 406 g/mol. The zero-order valence-electron chi connectivity index (χ0n) is 17.5. The number of aromatic nitrogens is 2. The van der Waals surface area contributed by atoms with Crippen LogP contribution in [0.1, 0.15) is 39.6 Å². The van der Waals surface area contributed by atoms with E-state index in [1.807, 2.05) is 24.3 Å². The first kappa shape index (κ1) is 21.1. The van der Waals surface area contributed by atoms with E-state index in [4.69, 9.17) is 4.74 Å². The summed E-state index contributed by atoms with van der Waals surface area (Å²) in [5.41, 5.74) is 5.30. The monoisotopic (exact) mass is 427 g/mol. The lowest BCUT2D eigenvalue weighted by atomic mass is 9.98. The number of ether oxygens (including phenoxy) is 2. The van der Waals surface area contributed by atoms with E-state index >= 15 is 0 Å². The summed E-state index contributed by atoms with van der Waals surface area (Å²) in [6.07, 6.45) is 2.86. The Kier molecular flexibility index (Phi) is 6.42. The Morgan fingerprint density at radius 3 is 2.25 bits per heavy atom. The molecule has 7 heteroatoms. The summed E-state index contributed by atoms with van der Waals surface area (Å²) >= 11 is 0. The van der Waals surface area contributed by atoms with Crippen LogP contribution in [0.15, 0.2) is 60.9 Å². The standard InChI is InChI=1S/C25H21N3O4/c1-31-24(29)23-27-14-17(15-28-23)8-6-7-13-26-25(30)32-16-22-20-11-4-2-9-18(20)19-10-3-5-12-21(19)22/h2-5,9-12,14-15,22H,7,13,16H2,1H3,(H,26,30). The average molecular weight is 427 g/mol. The molecule has 3 aromatic rings. The molecule has 7 nitrogen and oxygen atoms in total. The first-order valence-electron chi connectivity index (χ1n) is 10.2. The molecule has 4 rings (SSSR count). The number of nitrogens with one attached hydrogen (secondary N) is 1. The Balaban J connectivity index is 1.25. The third-order valence-corrected chi connectivity index (χ3v) is 5.12. The zero-order chi connectivity index (χ0) is 22.3. The summed E-state index contributed by atoms with van der Waals surface area (Å²) < 4.78 is 10.0. The third-order valence-electron chi connectivity index (χ3n) is 5.12. The lowest BCUT2D eigenvalue weighted by Crippen LogP contribution is -2.26. The first-order valence-corrected chi connectivity index (χ1v) is 10.2. The number of rotatable bonds is 5. The third kappa shape index (κ3) is 4.60. The van der Waals surface area contributed by atoms with Crippen LogP contribution in [-0.2, 0) is 9.47 Å². The normalized spacial score (nSPS) is 11.5. The van der Waals surface area contributed by atoms with Crippen LogP contribution < -0.4 is 5.32 Å². The van der Waals surface area contributed by atoms with E-state index in [-0.39, 0.29) is 18.3 Å². The van der Waals surface area contributed by atoms with Gasteiger partial charge in [0.2, 0.25) is 5.82 Å². The quantitative estimate of drug-likeness (QED) is 0.381. The highest BCUT2D eigenvalue weighted by atomic mass is 16.5. The van der Waals surface area contributed by atoms with E-state index in [0.717, 1.165) is 0 Å². The Morgan fingerprint density at radius 2 is 1.62 bits per heavy atom. The van der Waals surface area contributed by atoms with Crippen LogP contribution in [0.3, 0.4) is 0 Å². The van der Waals surface area contributed by atoms with E-state index in [0.29, 0.717) is 18.5 Å². The smallest absolute Gasteiger partial charge is 0.407 e. The van der Waals surface area contributed by atoms with Gasteiger partial charge in [-0.1, -0.05) is 60.4 Å². The minimum Gasteiger partial charge on any atom is -0.463 e. The minimum absolute atomic E-state index is 0.0185. The summed E-state index contributed by atoms with van der Waals surface area (Å²) in [4.78, 5) is 31.2. The molecular formula is C25H21N3O4. The van der Waals surface area contributed by atoms with Crippen molar-refractivity contribution in [2.24, 2.45) is 0 Å². The number of hydrogen-bond acceptors (Lipinski definition) is 6. The van der Waals surface area contributed by atoms with Crippen LogP contribution in [0.25, 0.3) is 11.1 Å². The van der Waals surface area contributed by atoms with E-state index in [9.17, 15) is 9.59 Å². The Morgan fingerprint density at radius 1 is 1.00 bits per heavy atom. The van der Waals surface area contributed by atoms with Crippen molar-refractivity contribution in [1.82, 2.24) is 15.3 Å². The lowest BCUT2D eigenvalue weighted by Gasteiger charge is -2.14. The summed E-state index contributed by atoms with van der Waals surface area (Å²) in [5, 5.41) is 2.72. The summed E-state index contributed by atoms with van der Waals surface area (Å²) in [6.45, 7) is 0.625. The molecule has 0 radical (unpaired) electrons. The molecule has 0 spiro atoms. The number of benzene rings is 2. The number of amides is 1. The molecule has 0 unspecified atom stereocenters. The number of carbonyl (C=O) groups is 2. The van der Waals surface area contributed by atoms with Crippen molar-refractivity contribution in [3.05, 3.63) is 83.4 Å². The highest BCUT2D eigenvalue weighted by Crippen LogP contribution is 2.44. The van der Waals surface area contributed by atoms with Gasteiger partial charge < -0.3 is 14.8 Å². The summed E-state index contributed by atoms with van der Waals surface area (Å²) in [7, 11) is 1.27. The van der Waals surface area contributed by atoms with Crippen LogP contribution in [0, 0.1) is 11.8 Å². The Bertz CT molecular complexity index is 1150. The average Bonchev–Trinajstić information content (AvgIpc) is 3.16. The highest BCUT2D eigenvalue weighted by Gasteiger charge is 2.28. The molecule has 0 saturated carbocycles. The van der Waals surface area contributed by atoms with Gasteiger partial charge >= 0.3 is 12.1 Å². The van der Waals surface area contributed by atoms with Gasteiger partial charge in [-0.15, -0.1) is 0 Å². The molecule has 0 saturated heterocycles. The van der Waals surface area contributed by atoms with Gasteiger partial charge in [0.25, 0.3) is 0 Å². The van der Waals surface area contributed by atoms with Crippen molar-refractivity contribution < 1.29 is 19.1 Å². The second kappa shape index (κ2) is 9.75. The van der Waals surface area contributed by atoms with Crippen molar-refractivity contribution in [1.29, 1.82) is 0 Å². The van der Waals surface area contributed by atoms with Crippen LogP contribution in [0.5, 0.6) is 0 Å². The second-order valence-electron chi connectivity index (χ2n) is 7.09. The summed E-state index contributed by atoms with van der Waals surface area (Å²) in [5.74, 6) is 5.22. The SMILES string of the molecule is COC(=O)c1ncc(C#CCCNC(=O)OCC2c3ccccc3-c3ccccc32)cn1.